The molecule has 0 aromatic heterocycles. The summed E-state index contributed by atoms with van der Waals surface area (Å²) < 4.78 is 27.2. The van der Waals surface area contributed by atoms with E-state index in [1.54, 1.807) is 0 Å². The average Bonchev–Trinajstić information content (AvgIpc) is 2.96. The lowest BCUT2D eigenvalue weighted by molar-refractivity contribution is 0.277. The van der Waals surface area contributed by atoms with Gasteiger partial charge >= 0.3 is 0 Å². The molecule has 2 aliphatic rings. The molecule has 0 spiro atoms. The highest BCUT2D eigenvalue weighted by Crippen LogP contribution is 2.49. The van der Waals surface area contributed by atoms with E-state index in [9.17, 15) is 8.78 Å². The molecule has 1 aromatic rings. The van der Waals surface area contributed by atoms with Crippen molar-refractivity contribution >= 4 is 0 Å². The Morgan fingerprint density at radius 1 is 1.17 bits per heavy atom. The Morgan fingerprint density at radius 2 is 1.89 bits per heavy atom. The fourth-order valence-electron chi connectivity index (χ4n) is 3.93. The zero-order valence-corrected chi connectivity index (χ0v) is 10.4. The molecule has 3 rings (SSSR count). The van der Waals surface area contributed by atoms with Crippen molar-refractivity contribution in [1.82, 2.24) is 0 Å². The minimum atomic E-state index is -0.464. The molecule has 1 nitrogen and oxygen atoms in total. The van der Waals surface area contributed by atoms with E-state index >= 15 is 0 Å². The summed E-state index contributed by atoms with van der Waals surface area (Å²) >= 11 is 0. The fraction of sp³-hybridized carbons (Fsp3) is 0.600. The number of halogens is 2. The van der Waals surface area contributed by atoms with E-state index in [0.29, 0.717) is 18.3 Å². The first-order valence-corrected chi connectivity index (χ1v) is 6.83. The third kappa shape index (κ3) is 2.05. The zero-order chi connectivity index (χ0) is 12.7. The van der Waals surface area contributed by atoms with E-state index < -0.39 is 11.6 Å². The summed E-state index contributed by atoms with van der Waals surface area (Å²) in [6.07, 6.45) is 5.33. The van der Waals surface area contributed by atoms with Crippen LogP contribution in [0.15, 0.2) is 18.2 Å². The molecule has 2 aliphatic carbocycles. The molecule has 0 aliphatic heterocycles. The van der Waals surface area contributed by atoms with Crippen LogP contribution in [-0.4, -0.2) is 6.04 Å². The Labute approximate surface area is 106 Å². The minimum Gasteiger partial charge on any atom is -0.327 e. The third-order valence-electron chi connectivity index (χ3n) is 4.84. The first kappa shape index (κ1) is 12.1. The first-order chi connectivity index (χ1) is 8.65. The van der Waals surface area contributed by atoms with E-state index in [4.69, 9.17) is 5.73 Å². The molecular weight excluding hydrogens is 232 g/mol. The van der Waals surface area contributed by atoms with Crippen molar-refractivity contribution in [3.63, 3.8) is 0 Å². The van der Waals surface area contributed by atoms with Gasteiger partial charge < -0.3 is 5.73 Å². The Hall–Kier alpha value is -0.960. The molecule has 0 amide bonds. The van der Waals surface area contributed by atoms with Gasteiger partial charge in [-0.25, -0.2) is 8.78 Å². The molecule has 4 unspecified atom stereocenters. The maximum absolute atomic E-state index is 13.6. The predicted molar refractivity (Wildman–Crippen MR) is 67.0 cm³/mol. The number of fused-ring (bicyclic) bond motifs is 2. The summed E-state index contributed by atoms with van der Waals surface area (Å²) in [5.41, 5.74) is 6.36. The van der Waals surface area contributed by atoms with Crippen LogP contribution in [0.1, 0.15) is 31.2 Å². The van der Waals surface area contributed by atoms with Crippen molar-refractivity contribution in [2.45, 2.75) is 38.1 Å². The molecule has 3 heteroatoms. The van der Waals surface area contributed by atoms with Gasteiger partial charge in [0.2, 0.25) is 0 Å². The Kier molecular flexibility index (Phi) is 3.10. The molecule has 1 aromatic carbocycles. The predicted octanol–water partition coefficient (Wildman–Crippen LogP) is 3.27. The summed E-state index contributed by atoms with van der Waals surface area (Å²) in [4.78, 5) is 0. The van der Waals surface area contributed by atoms with E-state index in [0.717, 1.165) is 12.3 Å². The molecule has 98 valence electrons. The summed E-state index contributed by atoms with van der Waals surface area (Å²) in [6.45, 7) is 0. The zero-order valence-electron chi connectivity index (χ0n) is 10.4. The summed E-state index contributed by atoms with van der Waals surface area (Å²) in [5, 5.41) is 0. The van der Waals surface area contributed by atoms with E-state index in [2.05, 4.69) is 0 Å². The van der Waals surface area contributed by atoms with Gasteiger partial charge in [0.05, 0.1) is 0 Å². The lowest BCUT2D eigenvalue weighted by Crippen LogP contribution is -2.36. The number of nitrogens with two attached hydrogens (primary N) is 1. The van der Waals surface area contributed by atoms with Crippen molar-refractivity contribution in [3.05, 3.63) is 35.4 Å². The Morgan fingerprint density at radius 3 is 2.44 bits per heavy atom. The normalized spacial score (nSPS) is 31.8. The molecule has 0 heterocycles. The maximum Gasteiger partial charge on any atom is 0.129 e. The van der Waals surface area contributed by atoms with E-state index in [-0.39, 0.29) is 11.6 Å². The van der Waals surface area contributed by atoms with Crippen LogP contribution < -0.4 is 5.73 Å². The minimum absolute atomic E-state index is 0.105. The van der Waals surface area contributed by atoms with Gasteiger partial charge in [-0.15, -0.1) is 0 Å². The third-order valence-corrected chi connectivity index (χ3v) is 4.84. The second kappa shape index (κ2) is 4.61. The van der Waals surface area contributed by atoms with E-state index in [1.165, 1.54) is 37.5 Å². The molecule has 0 saturated heterocycles. The molecule has 2 saturated carbocycles. The van der Waals surface area contributed by atoms with Gasteiger partial charge in [0.1, 0.15) is 11.6 Å². The standard InChI is InChI=1S/C15H19F2N/c16-13-2-1-3-14(17)12(13)8-15(18)11-7-9-4-5-10(11)6-9/h1-3,9-11,15H,4-8,18H2. The van der Waals surface area contributed by atoms with Gasteiger partial charge in [-0.3, -0.25) is 0 Å². The van der Waals surface area contributed by atoms with Crippen LogP contribution in [0.5, 0.6) is 0 Å². The van der Waals surface area contributed by atoms with Crippen molar-refractivity contribution in [2.24, 2.45) is 23.5 Å². The SMILES string of the molecule is NC(Cc1c(F)cccc1F)C1CC2CCC1C2. The van der Waals surface area contributed by atoms with Gasteiger partial charge in [0, 0.05) is 11.6 Å². The highest BCUT2D eigenvalue weighted by Gasteiger charge is 2.42. The van der Waals surface area contributed by atoms with Gasteiger partial charge in [0.15, 0.2) is 0 Å². The second-order valence-electron chi connectivity index (χ2n) is 5.91. The van der Waals surface area contributed by atoms with Crippen LogP contribution in [0.3, 0.4) is 0 Å². The first-order valence-electron chi connectivity index (χ1n) is 6.83. The van der Waals surface area contributed by atoms with Gasteiger partial charge in [-0.2, -0.15) is 0 Å². The number of hydrogen-bond donors (Lipinski definition) is 1. The summed E-state index contributed by atoms with van der Waals surface area (Å²) in [6, 6.07) is 3.92. The lowest BCUT2D eigenvalue weighted by atomic mass is 9.81. The number of benzene rings is 1. The largest absolute Gasteiger partial charge is 0.327 e. The monoisotopic (exact) mass is 251 g/mol. The molecule has 2 bridgehead atoms. The van der Waals surface area contributed by atoms with Crippen molar-refractivity contribution in [2.75, 3.05) is 0 Å². The highest BCUT2D eigenvalue weighted by atomic mass is 19.1. The van der Waals surface area contributed by atoms with Gasteiger partial charge in [-0.1, -0.05) is 12.5 Å². The second-order valence-corrected chi connectivity index (χ2v) is 5.91. The molecule has 2 fully saturated rings. The number of hydrogen-bond acceptors (Lipinski definition) is 1. The highest BCUT2D eigenvalue weighted by molar-refractivity contribution is 5.21. The average molecular weight is 251 g/mol. The van der Waals surface area contributed by atoms with Crippen molar-refractivity contribution in [1.29, 1.82) is 0 Å². The van der Waals surface area contributed by atoms with Crippen LogP contribution in [0.4, 0.5) is 8.78 Å². The maximum atomic E-state index is 13.6. The smallest absolute Gasteiger partial charge is 0.129 e. The van der Waals surface area contributed by atoms with Crippen molar-refractivity contribution in [3.8, 4) is 0 Å². The molecule has 4 atom stereocenters. The van der Waals surface area contributed by atoms with E-state index in [1.807, 2.05) is 0 Å². The molecule has 0 radical (unpaired) electrons. The lowest BCUT2D eigenvalue weighted by Gasteiger charge is -2.28. The van der Waals surface area contributed by atoms with Crippen LogP contribution >= 0.6 is 0 Å². The quantitative estimate of drug-likeness (QED) is 0.876. The van der Waals surface area contributed by atoms with Crippen LogP contribution in [0.2, 0.25) is 0 Å². The fourth-order valence-corrected chi connectivity index (χ4v) is 3.93. The van der Waals surface area contributed by atoms with Crippen LogP contribution in [0.25, 0.3) is 0 Å². The number of rotatable bonds is 3. The Bertz CT molecular complexity index is 426. The molecule has 18 heavy (non-hydrogen) atoms. The van der Waals surface area contributed by atoms with Crippen LogP contribution in [0, 0.1) is 29.4 Å². The summed E-state index contributed by atoms with van der Waals surface area (Å²) in [5.74, 6) is 1.04. The van der Waals surface area contributed by atoms with Crippen LogP contribution in [-0.2, 0) is 6.42 Å². The van der Waals surface area contributed by atoms with Crippen molar-refractivity contribution < 1.29 is 8.78 Å². The Balaban J connectivity index is 1.73. The summed E-state index contributed by atoms with van der Waals surface area (Å²) in [7, 11) is 0. The van der Waals surface area contributed by atoms with Gasteiger partial charge in [-0.05, 0) is 55.6 Å². The molecular formula is C15H19F2N. The molecule has 2 N–H and O–H groups in total. The van der Waals surface area contributed by atoms with Gasteiger partial charge in [0.25, 0.3) is 0 Å². The topological polar surface area (TPSA) is 26.0 Å².